The van der Waals surface area contributed by atoms with Crippen molar-refractivity contribution in [1.82, 2.24) is 0 Å². The second kappa shape index (κ2) is 6.14. The van der Waals surface area contributed by atoms with E-state index in [1.165, 1.54) is 11.8 Å². The van der Waals surface area contributed by atoms with E-state index in [0.29, 0.717) is 9.54 Å². The summed E-state index contributed by atoms with van der Waals surface area (Å²) in [6.07, 6.45) is 0.971. The summed E-state index contributed by atoms with van der Waals surface area (Å²) in [5.41, 5.74) is 0. The van der Waals surface area contributed by atoms with E-state index in [1.54, 1.807) is 0 Å². The highest BCUT2D eigenvalue weighted by atomic mass is 35.5. The Morgan fingerprint density at radius 3 is 2.62 bits per heavy atom. The first-order valence-electron chi connectivity index (χ1n) is 2.15. The average Bonchev–Trinajstić information content (AvgIpc) is 1.66. The molecule has 0 saturated heterocycles. The largest absolute Gasteiger partial charge is 0.137 e. The number of rotatable bonds is 3. The van der Waals surface area contributed by atoms with Crippen molar-refractivity contribution in [3.8, 4) is 0 Å². The van der Waals surface area contributed by atoms with E-state index >= 15 is 0 Å². The normalized spacial score (nSPS) is 9.25. The van der Waals surface area contributed by atoms with Gasteiger partial charge in [0, 0.05) is 11.6 Å². The molecule has 0 aliphatic heterocycles. The lowest BCUT2D eigenvalue weighted by Gasteiger charge is -1.90. The van der Waals surface area contributed by atoms with Crippen molar-refractivity contribution >= 4 is 50.8 Å². The molecule has 0 heterocycles. The monoisotopic (exact) mass is 188 g/mol. The fraction of sp³-hybridized carbons (Fsp3) is 0.750. The Kier molecular flexibility index (Phi) is 6.93. The summed E-state index contributed by atoms with van der Waals surface area (Å²) in [4.78, 5) is 0. The zero-order valence-electron chi connectivity index (χ0n) is 4.19. The van der Waals surface area contributed by atoms with Crippen molar-refractivity contribution < 1.29 is 0 Å². The maximum Gasteiger partial charge on any atom is 0.137 e. The van der Waals surface area contributed by atoms with Crippen LogP contribution in [-0.2, 0) is 0 Å². The first-order valence-corrected chi connectivity index (χ1v) is 4.46. The van der Waals surface area contributed by atoms with Gasteiger partial charge in [-0.2, -0.15) is 0 Å². The van der Waals surface area contributed by atoms with E-state index < -0.39 is 0 Å². The maximum atomic E-state index is 5.39. The summed E-state index contributed by atoms with van der Waals surface area (Å²) in [5.74, 6) is 1.62. The third-order valence-electron chi connectivity index (χ3n) is 0.494. The maximum absolute atomic E-state index is 5.39. The SMILES string of the molecule is S=C(Cl)SCCCCl. The molecule has 0 rings (SSSR count). The van der Waals surface area contributed by atoms with E-state index in [1.807, 2.05) is 0 Å². The topological polar surface area (TPSA) is 0 Å². The Labute approximate surface area is 68.9 Å². The van der Waals surface area contributed by atoms with E-state index in [9.17, 15) is 0 Å². The average molecular weight is 189 g/mol. The van der Waals surface area contributed by atoms with Gasteiger partial charge in [0.2, 0.25) is 0 Å². The highest BCUT2D eigenvalue weighted by molar-refractivity contribution is 8.26. The van der Waals surface area contributed by atoms with Gasteiger partial charge < -0.3 is 0 Å². The molecular weight excluding hydrogens is 183 g/mol. The molecule has 0 radical (unpaired) electrons. The van der Waals surface area contributed by atoms with Gasteiger partial charge in [0.25, 0.3) is 0 Å². The van der Waals surface area contributed by atoms with Gasteiger partial charge in [-0.3, -0.25) is 0 Å². The highest BCUT2D eigenvalue weighted by Gasteiger charge is 1.89. The molecule has 0 unspecified atom stereocenters. The Morgan fingerprint density at radius 1 is 1.62 bits per heavy atom. The molecule has 0 amide bonds. The number of halogens is 2. The molecule has 0 aromatic carbocycles. The van der Waals surface area contributed by atoms with E-state index in [2.05, 4.69) is 12.2 Å². The molecule has 0 aliphatic carbocycles. The van der Waals surface area contributed by atoms with Crippen LogP contribution in [0.3, 0.4) is 0 Å². The number of hydrogen-bond acceptors (Lipinski definition) is 2. The van der Waals surface area contributed by atoms with Crippen LogP contribution in [0.1, 0.15) is 6.42 Å². The van der Waals surface area contributed by atoms with Crippen LogP contribution in [0.2, 0.25) is 0 Å². The molecule has 0 aliphatic rings. The molecule has 0 N–H and O–H groups in total. The smallest absolute Gasteiger partial charge is 0.127 e. The first-order chi connectivity index (χ1) is 3.77. The number of thioether (sulfide) groups is 1. The van der Waals surface area contributed by atoms with Crippen LogP contribution < -0.4 is 0 Å². The lowest BCUT2D eigenvalue weighted by atomic mass is 10.6. The molecule has 0 fully saturated rings. The van der Waals surface area contributed by atoms with Crippen molar-refractivity contribution in [3.05, 3.63) is 0 Å². The summed E-state index contributed by atoms with van der Waals surface area (Å²) in [6, 6.07) is 0. The van der Waals surface area contributed by atoms with Gasteiger partial charge in [0.15, 0.2) is 0 Å². The summed E-state index contributed by atoms with van der Waals surface area (Å²) >= 11 is 16.8. The lowest BCUT2D eigenvalue weighted by molar-refractivity contribution is 1.12. The van der Waals surface area contributed by atoms with Gasteiger partial charge in [-0.25, -0.2) is 0 Å². The van der Waals surface area contributed by atoms with Crippen LogP contribution >= 0.6 is 47.2 Å². The summed E-state index contributed by atoms with van der Waals surface area (Å²) < 4.78 is 0.482. The summed E-state index contributed by atoms with van der Waals surface area (Å²) in [7, 11) is 0. The van der Waals surface area contributed by atoms with Gasteiger partial charge >= 0.3 is 0 Å². The minimum absolute atomic E-state index is 0.482. The van der Waals surface area contributed by atoms with Gasteiger partial charge in [0.1, 0.15) is 3.66 Å². The standard InChI is InChI=1S/C4H6Cl2S2/c5-2-1-3-8-4(6)7/h1-3H2. The van der Waals surface area contributed by atoms with Crippen molar-refractivity contribution in [2.45, 2.75) is 6.42 Å². The van der Waals surface area contributed by atoms with Crippen LogP contribution in [-0.4, -0.2) is 15.3 Å². The van der Waals surface area contributed by atoms with E-state index in [4.69, 9.17) is 23.2 Å². The van der Waals surface area contributed by atoms with Crippen molar-refractivity contribution in [2.24, 2.45) is 0 Å². The molecule has 0 atom stereocenters. The Balaban J connectivity index is 2.82. The Bertz CT molecular complexity index is 74.4. The zero-order valence-corrected chi connectivity index (χ0v) is 7.34. The fourth-order valence-corrected chi connectivity index (χ4v) is 1.43. The molecule has 0 aromatic heterocycles. The minimum atomic E-state index is 0.482. The number of thiocarbonyl (C=S) groups is 1. The molecule has 4 heteroatoms. The second-order valence-electron chi connectivity index (χ2n) is 1.13. The van der Waals surface area contributed by atoms with Crippen LogP contribution in [0.25, 0.3) is 0 Å². The molecule has 48 valence electrons. The third-order valence-corrected chi connectivity index (χ3v) is 2.16. The van der Waals surface area contributed by atoms with Gasteiger partial charge in [-0.1, -0.05) is 23.8 Å². The van der Waals surface area contributed by atoms with Crippen LogP contribution in [0.4, 0.5) is 0 Å². The fourth-order valence-electron chi connectivity index (χ4n) is 0.207. The predicted octanol–water partition coefficient (Wildman–Crippen LogP) is 2.87. The quantitative estimate of drug-likeness (QED) is 0.290. The highest BCUT2D eigenvalue weighted by Crippen LogP contribution is 2.09. The first kappa shape index (κ1) is 9.02. The molecular formula is C4H6Cl2S2. The molecule has 0 aromatic rings. The molecule has 0 spiro atoms. The van der Waals surface area contributed by atoms with Crippen molar-refractivity contribution in [3.63, 3.8) is 0 Å². The molecule has 0 bridgehead atoms. The molecule has 8 heavy (non-hydrogen) atoms. The lowest BCUT2D eigenvalue weighted by Crippen LogP contribution is -1.81. The van der Waals surface area contributed by atoms with Gasteiger partial charge in [0.05, 0.1) is 0 Å². The van der Waals surface area contributed by atoms with Gasteiger partial charge in [-0.15, -0.1) is 23.4 Å². The Hall–Kier alpha value is 1.02. The van der Waals surface area contributed by atoms with Crippen molar-refractivity contribution in [1.29, 1.82) is 0 Å². The van der Waals surface area contributed by atoms with Crippen LogP contribution in [0, 0.1) is 0 Å². The van der Waals surface area contributed by atoms with E-state index in [0.717, 1.165) is 12.2 Å². The number of alkyl halides is 1. The zero-order chi connectivity index (χ0) is 6.41. The third kappa shape index (κ3) is 7.02. The molecule has 0 saturated carbocycles. The Morgan fingerprint density at radius 2 is 2.25 bits per heavy atom. The van der Waals surface area contributed by atoms with Crippen molar-refractivity contribution in [2.75, 3.05) is 11.6 Å². The second-order valence-corrected chi connectivity index (χ2v) is 4.10. The summed E-state index contributed by atoms with van der Waals surface area (Å²) in [6.45, 7) is 0. The molecule has 0 nitrogen and oxygen atoms in total. The van der Waals surface area contributed by atoms with Crippen LogP contribution in [0.15, 0.2) is 0 Å². The van der Waals surface area contributed by atoms with Crippen LogP contribution in [0.5, 0.6) is 0 Å². The summed E-state index contributed by atoms with van der Waals surface area (Å²) in [5, 5.41) is 0. The van der Waals surface area contributed by atoms with E-state index in [-0.39, 0.29) is 0 Å². The minimum Gasteiger partial charge on any atom is -0.127 e. The predicted molar refractivity (Wildman–Crippen MR) is 46.2 cm³/mol. The number of hydrogen-bond donors (Lipinski definition) is 0. The van der Waals surface area contributed by atoms with Gasteiger partial charge in [-0.05, 0) is 6.42 Å².